The topological polar surface area (TPSA) is 40.9 Å². The summed E-state index contributed by atoms with van der Waals surface area (Å²) in [6.07, 6.45) is 6.41. The van der Waals surface area contributed by atoms with Crippen molar-refractivity contribution in [3.63, 3.8) is 0 Å². The van der Waals surface area contributed by atoms with Crippen LogP contribution in [0.4, 0.5) is 0 Å². The van der Waals surface area contributed by atoms with Gasteiger partial charge in [0.1, 0.15) is 0 Å². The number of hydrogen-bond acceptors (Lipinski definition) is 2. The van der Waals surface area contributed by atoms with Crippen LogP contribution in [0.1, 0.15) is 26.7 Å². The highest BCUT2D eigenvalue weighted by atomic mass is 16.1. The van der Waals surface area contributed by atoms with Crippen LogP contribution in [-0.2, 0) is 4.79 Å². The van der Waals surface area contributed by atoms with E-state index in [1.807, 2.05) is 13.0 Å². The summed E-state index contributed by atoms with van der Waals surface area (Å²) in [6.45, 7) is 7.13. The fourth-order valence-electron chi connectivity index (χ4n) is 0.924. The predicted octanol–water partition coefficient (Wildman–Crippen LogP) is 2.94. The largest absolute Gasteiger partial charge is 0.295 e. The second-order valence-electron chi connectivity index (χ2n) is 2.95. The monoisotopic (exact) mass is 189 g/mol. The van der Waals surface area contributed by atoms with E-state index in [2.05, 4.69) is 6.58 Å². The molecule has 0 aliphatic rings. The first-order valence-corrected chi connectivity index (χ1v) is 4.52. The molecule has 0 aromatic carbocycles. The standard InChI is InChI=1S/C12H15NO/c1-4-12(11(3)14)8-7-10(2)6-5-9-13/h4,7-8H,2,5-6H2,1,3H3/b8-7-,12-4+. The lowest BCUT2D eigenvalue weighted by Crippen LogP contribution is -1.92. The second-order valence-corrected chi connectivity index (χ2v) is 2.95. The van der Waals surface area contributed by atoms with Gasteiger partial charge in [0.05, 0.1) is 6.07 Å². The van der Waals surface area contributed by atoms with E-state index in [9.17, 15) is 4.79 Å². The fourth-order valence-corrected chi connectivity index (χ4v) is 0.924. The van der Waals surface area contributed by atoms with Crippen LogP contribution in [0, 0.1) is 11.3 Å². The summed E-state index contributed by atoms with van der Waals surface area (Å²) in [5, 5.41) is 8.35. The molecule has 0 bridgehead atoms. The molecule has 0 atom stereocenters. The molecule has 0 fully saturated rings. The molecule has 0 amide bonds. The smallest absolute Gasteiger partial charge is 0.159 e. The molecule has 14 heavy (non-hydrogen) atoms. The van der Waals surface area contributed by atoms with Gasteiger partial charge >= 0.3 is 0 Å². The van der Waals surface area contributed by atoms with Crippen molar-refractivity contribution in [3.05, 3.63) is 36.0 Å². The highest BCUT2D eigenvalue weighted by Crippen LogP contribution is 2.06. The van der Waals surface area contributed by atoms with Crippen LogP contribution in [0.5, 0.6) is 0 Å². The van der Waals surface area contributed by atoms with Crippen molar-refractivity contribution in [1.29, 1.82) is 5.26 Å². The quantitative estimate of drug-likeness (QED) is 0.493. The number of Topliss-reactive ketones (excluding diaryl/α,β-unsaturated/α-hetero) is 1. The first-order valence-electron chi connectivity index (χ1n) is 4.52. The summed E-state index contributed by atoms with van der Waals surface area (Å²) < 4.78 is 0. The van der Waals surface area contributed by atoms with Gasteiger partial charge in [-0.15, -0.1) is 0 Å². The second kappa shape index (κ2) is 6.85. The van der Waals surface area contributed by atoms with Crippen LogP contribution in [0.15, 0.2) is 36.0 Å². The number of carbonyl (C=O) groups is 1. The lowest BCUT2D eigenvalue weighted by molar-refractivity contribution is -0.113. The Hall–Kier alpha value is -1.62. The van der Waals surface area contributed by atoms with Gasteiger partial charge in [0.2, 0.25) is 0 Å². The maximum absolute atomic E-state index is 11.0. The molecule has 0 saturated carbocycles. The zero-order chi connectivity index (χ0) is 11.0. The summed E-state index contributed by atoms with van der Waals surface area (Å²) >= 11 is 0. The molecule has 0 saturated heterocycles. The van der Waals surface area contributed by atoms with E-state index >= 15 is 0 Å². The maximum Gasteiger partial charge on any atom is 0.159 e. The van der Waals surface area contributed by atoms with Gasteiger partial charge in [0.25, 0.3) is 0 Å². The minimum Gasteiger partial charge on any atom is -0.295 e. The van der Waals surface area contributed by atoms with Gasteiger partial charge in [-0.2, -0.15) is 5.26 Å². The molecule has 0 spiro atoms. The number of allylic oxidation sites excluding steroid dienone is 5. The number of nitrogens with zero attached hydrogens (tertiary/aromatic N) is 1. The molecule has 0 aliphatic carbocycles. The lowest BCUT2D eigenvalue weighted by atomic mass is 10.1. The van der Waals surface area contributed by atoms with Gasteiger partial charge in [0, 0.05) is 12.0 Å². The van der Waals surface area contributed by atoms with Gasteiger partial charge in [-0.25, -0.2) is 0 Å². The summed E-state index contributed by atoms with van der Waals surface area (Å²) in [7, 11) is 0. The summed E-state index contributed by atoms with van der Waals surface area (Å²) in [6, 6.07) is 2.05. The molecule has 0 N–H and O–H groups in total. The predicted molar refractivity (Wildman–Crippen MR) is 57.6 cm³/mol. The fraction of sp³-hybridized carbons (Fsp3) is 0.333. The van der Waals surface area contributed by atoms with Crippen molar-refractivity contribution < 1.29 is 4.79 Å². The Morgan fingerprint density at radius 3 is 2.57 bits per heavy atom. The van der Waals surface area contributed by atoms with Crippen LogP contribution >= 0.6 is 0 Å². The molecule has 74 valence electrons. The molecule has 0 rings (SSSR count). The van der Waals surface area contributed by atoms with Crippen LogP contribution in [0.3, 0.4) is 0 Å². The highest BCUT2D eigenvalue weighted by molar-refractivity contribution is 5.95. The van der Waals surface area contributed by atoms with Gasteiger partial charge < -0.3 is 0 Å². The molecule has 0 radical (unpaired) electrons. The minimum atomic E-state index is 0.0387. The molecule has 0 heterocycles. The molecule has 0 aromatic heterocycles. The first-order chi connectivity index (χ1) is 6.61. The molecule has 0 aliphatic heterocycles. The maximum atomic E-state index is 11.0. The van der Waals surface area contributed by atoms with Gasteiger partial charge in [-0.05, 0) is 20.3 Å². The summed E-state index contributed by atoms with van der Waals surface area (Å²) in [4.78, 5) is 11.0. The van der Waals surface area contributed by atoms with Crippen molar-refractivity contribution in [1.82, 2.24) is 0 Å². The molecule has 0 aromatic rings. The third-order valence-electron chi connectivity index (χ3n) is 1.77. The van der Waals surface area contributed by atoms with Crippen LogP contribution in [0.25, 0.3) is 0 Å². The molecular weight excluding hydrogens is 174 g/mol. The van der Waals surface area contributed by atoms with Gasteiger partial charge in [-0.3, -0.25) is 4.79 Å². The van der Waals surface area contributed by atoms with Crippen LogP contribution < -0.4 is 0 Å². The van der Waals surface area contributed by atoms with Crippen molar-refractivity contribution in [3.8, 4) is 6.07 Å². The Balaban J connectivity index is 4.23. The third-order valence-corrected chi connectivity index (χ3v) is 1.77. The Labute approximate surface area is 85.2 Å². The number of hydrogen-bond donors (Lipinski definition) is 0. The SMILES string of the molecule is C=C(/C=C\C(=C/C)C(C)=O)CCC#N. The van der Waals surface area contributed by atoms with Crippen molar-refractivity contribution >= 4 is 5.78 Å². The Morgan fingerprint density at radius 2 is 2.14 bits per heavy atom. The number of nitriles is 1. The van der Waals surface area contributed by atoms with Crippen LogP contribution in [0.2, 0.25) is 0 Å². The summed E-state index contributed by atoms with van der Waals surface area (Å²) in [5.74, 6) is 0.0387. The number of carbonyl (C=O) groups excluding carboxylic acids is 1. The Kier molecular flexibility index (Phi) is 6.06. The minimum absolute atomic E-state index is 0.0387. The van der Waals surface area contributed by atoms with Gasteiger partial charge in [0.15, 0.2) is 5.78 Å². The van der Waals surface area contributed by atoms with E-state index in [4.69, 9.17) is 5.26 Å². The third kappa shape index (κ3) is 5.10. The molecule has 2 heteroatoms. The summed E-state index contributed by atoms with van der Waals surface area (Å²) in [5.41, 5.74) is 1.54. The van der Waals surface area contributed by atoms with E-state index in [0.717, 1.165) is 5.57 Å². The Morgan fingerprint density at radius 1 is 1.50 bits per heavy atom. The van der Waals surface area contributed by atoms with E-state index < -0.39 is 0 Å². The number of ketones is 1. The molecule has 0 unspecified atom stereocenters. The lowest BCUT2D eigenvalue weighted by Gasteiger charge is -1.96. The van der Waals surface area contributed by atoms with Gasteiger partial charge in [-0.1, -0.05) is 30.4 Å². The van der Waals surface area contributed by atoms with E-state index in [-0.39, 0.29) is 5.78 Å². The van der Waals surface area contributed by atoms with Crippen LogP contribution in [-0.4, -0.2) is 5.78 Å². The molecule has 2 nitrogen and oxygen atoms in total. The number of rotatable bonds is 5. The van der Waals surface area contributed by atoms with Crippen molar-refractivity contribution in [2.45, 2.75) is 26.7 Å². The van der Waals surface area contributed by atoms with Crippen molar-refractivity contribution in [2.24, 2.45) is 0 Å². The van der Waals surface area contributed by atoms with E-state index in [1.54, 1.807) is 18.2 Å². The zero-order valence-electron chi connectivity index (χ0n) is 8.71. The average Bonchev–Trinajstić information content (AvgIpc) is 2.15. The van der Waals surface area contributed by atoms with Crippen molar-refractivity contribution in [2.75, 3.05) is 0 Å². The normalized spacial score (nSPS) is 11.4. The zero-order valence-corrected chi connectivity index (χ0v) is 8.71. The van der Waals surface area contributed by atoms with E-state index in [1.165, 1.54) is 6.92 Å². The van der Waals surface area contributed by atoms with E-state index in [0.29, 0.717) is 18.4 Å². The molecular formula is C12H15NO. The average molecular weight is 189 g/mol. The first kappa shape index (κ1) is 12.4. The Bertz CT molecular complexity index is 316. The highest BCUT2D eigenvalue weighted by Gasteiger charge is 1.96.